The van der Waals surface area contributed by atoms with Gasteiger partial charge in [0.05, 0.1) is 31.7 Å². The van der Waals surface area contributed by atoms with Crippen molar-refractivity contribution in [3.63, 3.8) is 0 Å². The molecule has 3 atom stereocenters. The van der Waals surface area contributed by atoms with E-state index in [0.29, 0.717) is 30.0 Å². The normalized spacial score (nSPS) is 23.7. The maximum Gasteiger partial charge on any atom is 0.315 e. The fourth-order valence-electron chi connectivity index (χ4n) is 4.03. The standard InChI is InChI=1S/C20H23N3O4S/c1-5-22(20(26)27)17-8-12(2)23(4,13(3)25)18-7-6-14(9-15(17)18)16-11-28-19(10-24)21-16/h6-7,9-12,17H,5,8H2,1-4H3/t12-,17?,23+/m0/s1. The summed E-state index contributed by atoms with van der Waals surface area (Å²) in [6.45, 7) is 5.58. The van der Waals surface area contributed by atoms with Gasteiger partial charge in [0.2, 0.25) is 0 Å². The zero-order chi connectivity index (χ0) is 20.6. The first-order valence-corrected chi connectivity index (χ1v) is 10.0. The second-order valence-electron chi connectivity index (χ2n) is 7.21. The number of amides is 2. The molecular formula is C20H23N3O4S. The van der Waals surface area contributed by atoms with E-state index in [-0.39, 0.29) is 16.4 Å². The van der Waals surface area contributed by atoms with Crippen molar-refractivity contribution in [2.75, 3.05) is 13.6 Å². The van der Waals surface area contributed by atoms with Crippen LogP contribution < -0.4 is 9.59 Å². The van der Waals surface area contributed by atoms with Crippen molar-refractivity contribution in [1.82, 2.24) is 14.4 Å². The molecular weight excluding hydrogens is 378 g/mol. The summed E-state index contributed by atoms with van der Waals surface area (Å²) in [6, 6.07) is 5.13. The molecule has 7 nitrogen and oxygen atoms in total. The Kier molecular flexibility index (Phi) is 5.36. The van der Waals surface area contributed by atoms with E-state index in [2.05, 4.69) is 4.98 Å². The first-order chi connectivity index (χ1) is 13.2. The summed E-state index contributed by atoms with van der Waals surface area (Å²) in [5.74, 6) is -0.00616. The second-order valence-corrected chi connectivity index (χ2v) is 8.10. The SMILES string of the molecule is CCN(C(=O)[O-])C1C[C@H](C)[N@+](C)(C(C)=O)c2ccc(-c3csc(C=O)n3)cc21. The lowest BCUT2D eigenvalue weighted by atomic mass is 9.87. The summed E-state index contributed by atoms with van der Waals surface area (Å²) in [5.41, 5.74) is 3.00. The average molecular weight is 401 g/mol. The summed E-state index contributed by atoms with van der Waals surface area (Å²) in [7, 11) is 1.87. The van der Waals surface area contributed by atoms with Gasteiger partial charge in [0.1, 0.15) is 11.8 Å². The number of hydrogen-bond donors (Lipinski definition) is 0. The van der Waals surface area contributed by atoms with Crippen LogP contribution in [0.1, 0.15) is 48.6 Å². The molecule has 1 aliphatic heterocycles. The monoisotopic (exact) mass is 401 g/mol. The van der Waals surface area contributed by atoms with Gasteiger partial charge in [-0.15, -0.1) is 11.3 Å². The number of benzene rings is 1. The Morgan fingerprint density at radius 1 is 1.43 bits per heavy atom. The van der Waals surface area contributed by atoms with Gasteiger partial charge in [0.25, 0.3) is 0 Å². The molecule has 0 radical (unpaired) electrons. The van der Waals surface area contributed by atoms with Crippen molar-refractivity contribution in [3.05, 3.63) is 34.2 Å². The summed E-state index contributed by atoms with van der Waals surface area (Å²) in [5, 5.41) is 13.9. The number of aldehydes is 1. The number of rotatable bonds is 4. The van der Waals surface area contributed by atoms with Crippen LogP contribution in [0.3, 0.4) is 0 Å². The number of aromatic nitrogens is 1. The topological polar surface area (TPSA) is 90.4 Å². The maximum atomic E-state index is 12.6. The molecule has 28 heavy (non-hydrogen) atoms. The van der Waals surface area contributed by atoms with Gasteiger partial charge in [-0.05, 0) is 26.0 Å². The summed E-state index contributed by atoms with van der Waals surface area (Å²) in [6.07, 6.45) is -0.0207. The first-order valence-electron chi connectivity index (χ1n) is 9.14. The van der Waals surface area contributed by atoms with Crippen molar-refractivity contribution in [2.45, 2.75) is 39.3 Å². The second kappa shape index (κ2) is 7.44. The molecule has 0 saturated heterocycles. The minimum Gasteiger partial charge on any atom is -0.530 e. The number of carbonyl (C=O) groups is 3. The molecule has 1 unspecified atom stereocenters. The number of nitrogens with zero attached hydrogens (tertiary/aromatic N) is 3. The van der Waals surface area contributed by atoms with Gasteiger partial charge < -0.3 is 14.8 Å². The van der Waals surface area contributed by atoms with Crippen molar-refractivity contribution >= 4 is 35.3 Å². The van der Waals surface area contributed by atoms with E-state index >= 15 is 0 Å². The summed E-state index contributed by atoms with van der Waals surface area (Å²) < 4.78 is 0.105. The molecule has 2 heterocycles. The van der Waals surface area contributed by atoms with Crippen LogP contribution in [-0.2, 0) is 4.79 Å². The van der Waals surface area contributed by atoms with E-state index in [9.17, 15) is 19.5 Å². The van der Waals surface area contributed by atoms with Crippen LogP contribution in [0.5, 0.6) is 0 Å². The van der Waals surface area contributed by atoms with E-state index in [1.807, 2.05) is 32.2 Å². The minimum atomic E-state index is -1.23. The van der Waals surface area contributed by atoms with E-state index in [1.54, 1.807) is 19.2 Å². The lowest BCUT2D eigenvalue weighted by molar-refractivity contribution is -0.268. The Hall–Kier alpha value is -2.58. The molecule has 8 heteroatoms. The van der Waals surface area contributed by atoms with Gasteiger partial charge in [-0.1, -0.05) is 0 Å². The van der Waals surface area contributed by atoms with Gasteiger partial charge in [0.15, 0.2) is 11.3 Å². The molecule has 1 aromatic carbocycles. The van der Waals surface area contributed by atoms with Gasteiger partial charge in [0, 0.05) is 35.5 Å². The van der Waals surface area contributed by atoms with Crippen molar-refractivity contribution in [3.8, 4) is 11.3 Å². The van der Waals surface area contributed by atoms with Crippen LogP contribution >= 0.6 is 11.3 Å². The van der Waals surface area contributed by atoms with Gasteiger partial charge in [-0.25, -0.2) is 14.3 Å². The maximum absolute atomic E-state index is 12.6. The number of carboxylic acid groups (broad SMARTS) is 1. The molecule has 3 rings (SSSR count). The highest BCUT2D eigenvalue weighted by Gasteiger charge is 2.47. The quantitative estimate of drug-likeness (QED) is 0.580. The van der Waals surface area contributed by atoms with Gasteiger partial charge >= 0.3 is 5.91 Å². The number of quaternary nitrogens is 1. The van der Waals surface area contributed by atoms with Crippen molar-refractivity contribution in [2.24, 2.45) is 0 Å². The molecule has 2 aromatic rings. The highest BCUT2D eigenvalue weighted by Crippen LogP contribution is 2.45. The average Bonchev–Trinajstić information content (AvgIpc) is 3.14. The molecule has 2 amide bonds. The van der Waals surface area contributed by atoms with Crippen LogP contribution in [-0.4, -0.2) is 47.8 Å². The van der Waals surface area contributed by atoms with Crippen molar-refractivity contribution < 1.29 is 19.5 Å². The summed E-state index contributed by atoms with van der Waals surface area (Å²) >= 11 is 1.25. The third-order valence-electron chi connectivity index (χ3n) is 5.86. The summed E-state index contributed by atoms with van der Waals surface area (Å²) in [4.78, 5) is 40.8. The Labute approximate surface area is 167 Å². The fraction of sp³-hybridized carbons (Fsp3) is 0.400. The third-order valence-corrected chi connectivity index (χ3v) is 6.63. The van der Waals surface area contributed by atoms with Crippen LogP contribution in [0.4, 0.5) is 10.5 Å². The van der Waals surface area contributed by atoms with Crippen LogP contribution in [0, 0.1) is 0 Å². The molecule has 148 valence electrons. The molecule has 0 saturated carbocycles. The molecule has 1 aliphatic rings. The van der Waals surface area contributed by atoms with E-state index in [0.717, 1.165) is 16.8 Å². The Bertz CT molecular complexity index is 941. The lowest BCUT2D eigenvalue weighted by Crippen LogP contribution is -2.60. The highest BCUT2D eigenvalue weighted by atomic mass is 32.1. The molecule has 0 aliphatic carbocycles. The van der Waals surface area contributed by atoms with E-state index in [4.69, 9.17) is 0 Å². The number of thiazole rings is 1. The number of hydrogen-bond acceptors (Lipinski definition) is 6. The van der Waals surface area contributed by atoms with E-state index in [1.165, 1.54) is 16.2 Å². The molecule has 0 fully saturated rings. The van der Waals surface area contributed by atoms with Crippen molar-refractivity contribution in [1.29, 1.82) is 0 Å². The molecule has 1 aromatic heterocycles. The van der Waals surface area contributed by atoms with Crippen LogP contribution in [0.2, 0.25) is 0 Å². The third kappa shape index (κ3) is 3.12. The lowest BCUT2D eigenvalue weighted by Gasteiger charge is -2.46. The molecule has 0 N–H and O–H groups in total. The predicted octanol–water partition coefficient (Wildman–Crippen LogP) is 2.60. The smallest absolute Gasteiger partial charge is 0.315 e. The highest BCUT2D eigenvalue weighted by molar-refractivity contribution is 7.11. The number of carbonyl (C=O) groups excluding carboxylic acids is 3. The van der Waals surface area contributed by atoms with Crippen LogP contribution in [0.15, 0.2) is 23.6 Å². The molecule has 0 spiro atoms. The first kappa shape index (κ1) is 20.2. The zero-order valence-corrected chi connectivity index (χ0v) is 17.2. The fourth-order valence-corrected chi connectivity index (χ4v) is 4.66. The minimum absolute atomic E-state index is 0.00616. The van der Waals surface area contributed by atoms with Gasteiger partial charge in [-0.3, -0.25) is 4.79 Å². The zero-order valence-electron chi connectivity index (χ0n) is 16.3. The largest absolute Gasteiger partial charge is 0.530 e. The van der Waals surface area contributed by atoms with Crippen LogP contribution in [0.25, 0.3) is 11.3 Å². The number of fused-ring (bicyclic) bond motifs is 1. The Morgan fingerprint density at radius 3 is 2.68 bits per heavy atom. The Morgan fingerprint density at radius 2 is 2.14 bits per heavy atom. The van der Waals surface area contributed by atoms with Gasteiger partial charge in [-0.2, -0.15) is 0 Å². The van der Waals surface area contributed by atoms with E-state index < -0.39 is 12.1 Å². The Balaban J connectivity index is 2.21. The predicted molar refractivity (Wildman–Crippen MR) is 106 cm³/mol. The molecule has 0 bridgehead atoms.